The van der Waals surface area contributed by atoms with Crippen LogP contribution in [0, 0.1) is 0 Å². The summed E-state index contributed by atoms with van der Waals surface area (Å²) in [7, 11) is -4.59. The van der Waals surface area contributed by atoms with Gasteiger partial charge in [-0.05, 0) is 6.16 Å². The number of aromatic nitrogens is 1. The van der Waals surface area contributed by atoms with Crippen molar-refractivity contribution in [1.82, 2.24) is 4.98 Å². The molecule has 6 nitrogen and oxygen atoms in total. The number of anilines is 1. The fourth-order valence-corrected chi connectivity index (χ4v) is 1.73. The molecule has 78 valence electrons. The summed E-state index contributed by atoms with van der Waals surface area (Å²) in [4.78, 5) is 35.2. The van der Waals surface area contributed by atoms with Crippen molar-refractivity contribution in [3.63, 3.8) is 0 Å². The average molecular weight is 280 g/mol. The van der Waals surface area contributed by atoms with Gasteiger partial charge in [0.15, 0.2) is 5.13 Å². The smallest absolute Gasteiger partial charge is 0.811 e. The maximum Gasteiger partial charge on any atom is 1.00 e. The first-order chi connectivity index (χ1) is 6.47. The molecule has 1 aromatic rings. The van der Waals surface area contributed by atoms with E-state index in [2.05, 4.69) is 10.3 Å². The molecule has 1 amide bonds. The molecular formula is C6H7N2Na2O4PS. The number of carbonyl (C=O) groups is 1. The molecule has 1 aromatic heterocycles. The van der Waals surface area contributed by atoms with Gasteiger partial charge in [0.2, 0.25) is 5.91 Å². The molecule has 0 radical (unpaired) electrons. The van der Waals surface area contributed by atoms with Crippen molar-refractivity contribution >= 4 is 30.0 Å². The van der Waals surface area contributed by atoms with Gasteiger partial charge in [0.1, 0.15) is 0 Å². The number of nitrogens with zero attached hydrogens (tertiary/aromatic N) is 1. The van der Waals surface area contributed by atoms with E-state index in [9.17, 15) is 19.1 Å². The summed E-state index contributed by atoms with van der Waals surface area (Å²) in [6, 6.07) is 0. The third kappa shape index (κ3) is 9.30. The Bertz CT molecular complexity index is 355. The van der Waals surface area contributed by atoms with E-state index in [1.54, 1.807) is 5.38 Å². The normalized spacial score (nSPS) is 9.88. The van der Waals surface area contributed by atoms with Crippen molar-refractivity contribution < 1.29 is 78.3 Å². The van der Waals surface area contributed by atoms with Gasteiger partial charge in [-0.3, -0.25) is 4.79 Å². The summed E-state index contributed by atoms with van der Waals surface area (Å²) in [5.74, 6) is -0.521. The first-order valence-electron chi connectivity index (χ1n) is 3.68. The van der Waals surface area contributed by atoms with Gasteiger partial charge in [0.05, 0.1) is 0 Å². The van der Waals surface area contributed by atoms with Crippen molar-refractivity contribution in [3.05, 3.63) is 11.6 Å². The van der Waals surface area contributed by atoms with E-state index in [-0.39, 0.29) is 65.5 Å². The van der Waals surface area contributed by atoms with Crippen LogP contribution in [0.2, 0.25) is 0 Å². The number of nitrogens with one attached hydrogen (secondary N) is 1. The molecule has 0 aliphatic carbocycles. The largest absolute Gasteiger partial charge is 1.00 e. The number of rotatable bonds is 4. The van der Waals surface area contributed by atoms with Crippen molar-refractivity contribution in [1.29, 1.82) is 0 Å². The number of carbonyl (C=O) groups excluding carboxylic acids is 1. The van der Waals surface area contributed by atoms with Crippen LogP contribution in [0.5, 0.6) is 0 Å². The number of hydrogen-bond acceptors (Lipinski definition) is 6. The van der Waals surface area contributed by atoms with Crippen LogP contribution in [0.25, 0.3) is 0 Å². The molecule has 10 heteroatoms. The van der Waals surface area contributed by atoms with Crippen LogP contribution >= 0.6 is 18.9 Å². The van der Waals surface area contributed by atoms with Crippen LogP contribution < -0.4 is 74.2 Å². The molecule has 16 heavy (non-hydrogen) atoms. The van der Waals surface area contributed by atoms with Gasteiger partial charge < -0.3 is 19.7 Å². The van der Waals surface area contributed by atoms with E-state index < -0.39 is 19.7 Å². The third-order valence-electron chi connectivity index (χ3n) is 1.29. The van der Waals surface area contributed by atoms with Gasteiger partial charge in [-0.15, -0.1) is 11.3 Å². The van der Waals surface area contributed by atoms with Crippen LogP contribution in [0.1, 0.15) is 6.42 Å². The fraction of sp³-hybridized carbons (Fsp3) is 0.333. The predicted octanol–water partition coefficient (Wildman–Crippen LogP) is -6.61. The Kier molecular flexibility index (Phi) is 11.3. The summed E-state index contributed by atoms with van der Waals surface area (Å²) in [5.41, 5.74) is 0. The maximum atomic E-state index is 11.0. The van der Waals surface area contributed by atoms with Gasteiger partial charge in [-0.1, -0.05) is 7.60 Å². The van der Waals surface area contributed by atoms with Crippen molar-refractivity contribution in [3.8, 4) is 0 Å². The van der Waals surface area contributed by atoms with E-state index in [1.807, 2.05) is 0 Å². The van der Waals surface area contributed by atoms with Crippen LogP contribution in [0.15, 0.2) is 11.6 Å². The Hall–Kier alpha value is 1.25. The number of hydrogen-bond donors (Lipinski definition) is 1. The Morgan fingerprint density at radius 1 is 1.50 bits per heavy atom. The summed E-state index contributed by atoms with van der Waals surface area (Å²) in [6.07, 6.45) is 0.514. The van der Waals surface area contributed by atoms with Crippen LogP contribution in [0.3, 0.4) is 0 Å². The minimum absolute atomic E-state index is 0. The molecular weight excluding hydrogens is 273 g/mol. The topological polar surface area (TPSA) is 105 Å². The zero-order chi connectivity index (χ0) is 10.6. The zero-order valence-corrected chi connectivity index (χ0v) is 14.7. The van der Waals surface area contributed by atoms with Gasteiger partial charge in [-0.2, -0.15) is 0 Å². The Morgan fingerprint density at radius 3 is 2.56 bits per heavy atom. The maximum absolute atomic E-state index is 11.0. The quantitative estimate of drug-likeness (QED) is 0.436. The monoisotopic (exact) mass is 280 g/mol. The van der Waals surface area contributed by atoms with Crippen LogP contribution in [-0.4, -0.2) is 17.1 Å². The molecule has 0 bridgehead atoms. The van der Waals surface area contributed by atoms with E-state index in [1.165, 1.54) is 17.5 Å². The molecule has 0 aliphatic heterocycles. The fourth-order valence-electron chi connectivity index (χ4n) is 0.705. The molecule has 0 saturated heterocycles. The number of amides is 1. The van der Waals surface area contributed by atoms with Gasteiger partial charge in [0.25, 0.3) is 0 Å². The van der Waals surface area contributed by atoms with Crippen molar-refractivity contribution in [2.45, 2.75) is 6.42 Å². The van der Waals surface area contributed by atoms with Crippen LogP contribution in [-0.2, 0) is 9.36 Å². The second-order valence-electron chi connectivity index (χ2n) is 2.47. The van der Waals surface area contributed by atoms with E-state index in [0.717, 1.165) is 0 Å². The van der Waals surface area contributed by atoms with Gasteiger partial charge in [-0.25, -0.2) is 4.98 Å². The van der Waals surface area contributed by atoms with E-state index >= 15 is 0 Å². The standard InChI is InChI=1S/C6H9N2O4PS.2Na/c9-5(1-3-13(10,11)12)8-6-7-2-4-14-6;;/h2,4H,1,3H2,(H,7,8,9)(H2,10,11,12);;/q;2*+1/p-2. The minimum atomic E-state index is -4.59. The summed E-state index contributed by atoms with van der Waals surface area (Å²) in [5, 5.41) is 4.42. The molecule has 1 N–H and O–H groups in total. The second kappa shape index (κ2) is 9.22. The summed E-state index contributed by atoms with van der Waals surface area (Å²) < 4.78 is 10.2. The average Bonchev–Trinajstić information content (AvgIpc) is 2.52. The molecule has 0 atom stereocenters. The van der Waals surface area contributed by atoms with Crippen molar-refractivity contribution in [2.75, 3.05) is 11.5 Å². The molecule has 1 rings (SSSR count). The minimum Gasteiger partial charge on any atom is -0.811 e. The van der Waals surface area contributed by atoms with E-state index in [4.69, 9.17) is 0 Å². The van der Waals surface area contributed by atoms with E-state index in [0.29, 0.717) is 5.13 Å². The molecule has 1 heterocycles. The first kappa shape index (κ1) is 19.6. The molecule has 0 fully saturated rings. The molecule has 0 saturated carbocycles. The van der Waals surface area contributed by atoms with Gasteiger partial charge >= 0.3 is 59.1 Å². The van der Waals surface area contributed by atoms with Gasteiger partial charge in [0, 0.05) is 18.0 Å². The Morgan fingerprint density at radius 2 is 2.12 bits per heavy atom. The predicted molar refractivity (Wildman–Crippen MR) is 47.8 cm³/mol. The SMILES string of the molecule is O=C(CCP(=O)([O-])[O-])Nc1nccs1.[Na+].[Na+]. The molecule has 0 aromatic carbocycles. The first-order valence-corrected chi connectivity index (χ1v) is 6.28. The second-order valence-corrected chi connectivity index (χ2v) is 5.03. The third-order valence-corrected chi connectivity index (χ3v) is 2.75. The van der Waals surface area contributed by atoms with Crippen molar-refractivity contribution in [2.24, 2.45) is 0 Å². The summed E-state index contributed by atoms with van der Waals surface area (Å²) in [6.45, 7) is 0. The Labute approximate surface area is 141 Å². The molecule has 0 spiro atoms. The summed E-state index contributed by atoms with van der Waals surface area (Å²) >= 11 is 1.22. The molecule has 0 unspecified atom stereocenters. The Balaban J connectivity index is 0. The zero-order valence-electron chi connectivity index (χ0n) is 9.00. The van der Waals surface area contributed by atoms with Crippen LogP contribution in [0.4, 0.5) is 5.13 Å². The number of thiazole rings is 1. The molecule has 0 aliphatic rings.